The van der Waals surface area contributed by atoms with Gasteiger partial charge < -0.3 is 9.64 Å². The molecule has 1 aromatic carbocycles. The van der Waals surface area contributed by atoms with Gasteiger partial charge in [0.25, 0.3) is 0 Å². The lowest BCUT2D eigenvalue weighted by atomic mass is 9.96. The van der Waals surface area contributed by atoms with E-state index in [2.05, 4.69) is 20.8 Å². The molecule has 0 fully saturated rings. The molecule has 0 spiro atoms. The van der Waals surface area contributed by atoms with Crippen molar-refractivity contribution in [3.63, 3.8) is 0 Å². The quantitative estimate of drug-likeness (QED) is 0.814. The zero-order valence-electron chi connectivity index (χ0n) is 11.8. The summed E-state index contributed by atoms with van der Waals surface area (Å²) in [5.74, 6) is 0. The molecule has 0 saturated heterocycles. The lowest BCUT2D eigenvalue weighted by Crippen LogP contribution is -2.37. The number of rotatable bonds is 4. The number of ether oxygens (including phenoxy) is 1. The zero-order valence-corrected chi connectivity index (χ0v) is 11.8. The maximum atomic E-state index is 11.9. The lowest BCUT2D eigenvalue weighted by molar-refractivity contribution is 0.0857. The van der Waals surface area contributed by atoms with Crippen molar-refractivity contribution in [1.82, 2.24) is 4.90 Å². The molecule has 1 rings (SSSR count). The predicted octanol–water partition coefficient (Wildman–Crippen LogP) is 3.69. The first-order valence-corrected chi connectivity index (χ1v) is 6.38. The van der Waals surface area contributed by atoms with Crippen LogP contribution in [0.4, 0.5) is 4.79 Å². The minimum atomic E-state index is -0.240. The van der Waals surface area contributed by atoms with Gasteiger partial charge in [0.05, 0.1) is 0 Å². The number of nitrogens with zero attached hydrogens (tertiary/aromatic N) is 1. The number of benzene rings is 1. The van der Waals surface area contributed by atoms with Crippen molar-refractivity contribution < 1.29 is 9.53 Å². The molecule has 0 aliphatic rings. The molecule has 0 aromatic heterocycles. The van der Waals surface area contributed by atoms with Crippen LogP contribution in [0.5, 0.6) is 0 Å². The summed E-state index contributed by atoms with van der Waals surface area (Å²) in [5, 5.41) is 0. The minimum absolute atomic E-state index is 0.0851. The van der Waals surface area contributed by atoms with Gasteiger partial charge in [-0.2, -0.15) is 0 Å². The molecule has 0 bridgehead atoms. The molecule has 0 aliphatic carbocycles. The van der Waals surface area contributed by atoms with Crippen LogP contribution in [-0.4, -0.2) is 24.1 Å². The largest absolute Gasteiger partial charge is 0.445 e. The van der Waals surface area contributed by atoms with Crippen LogP contribution in [0.15, 0.2) is 30.3 Å². The van der Waals surface area contributed by atoms with Gasteiger partial charge in [-0.15, -0.1) is 0 Å². The first-order chi connectivity index (χ1) is 8.42. The molecule has 0 saturated carbocycles. The smallest absolute Gasteiger partial charge is 0.410 e. The third-order valence-corrected chi connectivity index (χ3v) is 2.51. The number of amides is 1. The predicted molar refractivity (Wildman–Crippen MR) is 73.3 cm³/mol. The first-order valence-electron chi connectivity index (χ1n) is 6.38. The highest BCUT2D eigenvalue weighted by atomic mass is 16.6. The van der Waals surface area contributed by atoms with Gasteiger partial charge in [0.2, 0.25) is 0 Å². The Morgan fingerprint density at radius 3 is 2.33 bits per heavy atom. The summed E-state index contributed by atoms with van der Waals surface area (Å²) >= 11 is 0. The van der Waals surface area contributed by atoms with Crippen LogP contribution in [0, 0.1) is 5.41 Å². The Balaban J connectivity index is 2.48. The van der Waals surface area contributed by atoms with E-state index in [9.17, 15) is 4.79 Å². The van der Waals surface area contributed by atoms with E-state index in [1.165, 1.54) is 0 Å². The van der Waals surface area contributed by atoms with E-state index in [1.54, 1.807) is 4.90 Å². The standard InChI is InChI=1S/C15H23NO2/c1-5-16(12-15(2,3)4)14(17)18-11-13-9-7-6-8-10-13/h6-10H,5,11-12H2,1-4H3. The maximum absolute atomic E-state index is 11.9. The van der Waals surface area contributed by atoms with Gasteiger partial charge in [-0.25, -0.2) is 4.79 Å². The molecular weight excluding hydrogens is 226 g/mol. The van der Waals surface area contributed by atoms with Crippen LogP contribution in [0.1, 0.15) is 33.3 Å². The summed E-state index contributed by atoms with van der Waals surface area (Å²) < 4.78 is 5.31. The van der Waals surface area contributed by atoms with E-state index in [0.29, 0.717) is 19.7 Å². The normalized spacial score (nSPS) is 11.1. The Kier molecular flexibility index (Phi) is 5.20. The summed E-state index contributed by atoms with van der Waals surface area (Å²) in [6, 6.07) is 9.73. The van der Waals surface area contributed by atoms with Crippen molar-refractivity contribution in [1.29, 1.82) is 0 Å². The van der Waals surface area contributed by atoms with Crippen LogP contribution in [0.25, 0.3) is 0 Å². The Bertz CT molecular complexity index is 368. The zero-order chi connectivity index (χ0) is 13.6. The number of carbonyl (C=O) groups excluding carboxylic acids is 1. The molecule has 100 valence electrons. The van der Waals surface area contributed by atoms with Gasteiger partial charge in [0, 0.05) is 13.1 Å². The SMILES string of the molecule is CCN(CC(C)(C)C)C(=O)OCc1ccccc1. The fraction of sp³-hybridized carbons (Fsp3) is 0.533. The highest BCUT2D eigenvalue weighted by Gasteiger charge is 2.20. The summed E-state index contributed by atoms with van der Waals surface area (Å²) in [6.07, 6.45) is -0.240. The van der Waals surface area contributed by atoms with Crippen LogP contribution in [0.3, 0.4) is 0 Å². The van der Waals surface area contributed by atoms with E-state index < -0.39 is 0 Å². The highest BCUT2D eigenvalue weighted by molar-refractivity contribution is 5.67. The van der Waals surface area contributed by atoms with E-state index in [1.807, 2.05) is 37.3 Å². The molecule has 3 heteroatoms. The summed E-state index contributed by atoms with van der Waals surface area (Å²) in [6.45, 7) is 10.0. The van der Waals surface area contributed by atoms with Crippen LogP contribution < -0.4 is 0 Å². The van der Waals surface area contributed by atoms with Gasteiger partial charge in [0.1, 0.15) is 6.61 Å². The van der Waals surface area contributed by atoms with Crippen LogP contribution in [-0.2, 0) is 11.3 Å². The molecule has 0 atom stereocenters. The van der Waals surface area contributed by atoms with E-state index >= 15 is 0 Å². The summed E-state index contributed by atoms with van der Waals surface area (Å²) in [4.78, 5) is 13.7. The molecule has 18 heavy (non-hydrogen) atoms. The third-order valence-electron chi connectivity index (χ3n) is 2.51. The second-order valence-electron chi connectivity index (χ2n) is 5.62. The van der Waals surface area contributed by atoms with E-state index in [-0.39, 0.29) is 11.5 Å². The monoisotopic (exact) mass is 249 g/mol. The fourth-order valence-corrected chi connectivity index (χ4v) is 1.69. The number of carbonyl (C=O) groups is 1. The summed E-state index contributed by atoms with van der Waals surface area (Å²) in [5.41, 5.74) is 1.10. The lowest BCUT2D eigenvalue weighted by Gasteiger charge is -2.28. The van der Waals surface area contributed by atoms with Crippen molar-refractivity contribution in [3.05, 3.63) is 35.9 Å². The molecule has 1 amide bonds. The summed E-state index contributed by atoms with van der Waals surface area (Å²) in [7, 11) is 0. The molecule has 0 radical (unpaired) electrons. The highest BCUT2D eigenvalue weighted by Crippen LogP contribution is 2.16. The Hall–Kier alpha value is -1.51. The van der Waals surface area contributed by atoms with Crippen LogP contribution in [0.2, 0.25) is 0 Å². The molecule has 0 N–H and O–H groups in total. The number of hydrogen-bond donors (Lipinski definition) is 0. The van der Waals surface area contributed by atoms with Crippen LogP contribution >= 0.6 is 0 Å². The first kappa shape index (κ1) is 14.6. The topological polar surface area (TPSA) is 29.5 Å². The molecule has 0 heterocycles. The Morgan fingerprint density at radius 1 is 1.22 bits per heavy atom. The second-order valence-corrected chi connectivity index (χ2v) is 5.62. The molecule has 0 aliphatic heterocycles. The third kappa shape index (κ3) is 5.21. The van der Waals surface area contributed by atoms with Gasteiger partial charge >= 0.3 is 6.09 Å². The van der Waals surface area contributed by atoms with E-state index in [0.717, 1.165) is 5.56 Å². The fourth-order valence-electron chi connectivity index (χ4n) is 1.69. The van der Waals surface area contributed by atoms with Crippen molar-refractivity contribution >= 4 is 6.09 Å². The van der Waals surface area contributed by atoms with E-state index in [4.69, 9.17) is 4.74 Å². The van der Waals surface area contributed by atoms with Crippen molar-refractivity contribution in [2.75, 3.05) is 13.1 Å². The Morgan fingerprint density at radius 2 is 1.83 bits per heavy atom. The molecule has 0 unspecified atom stereocenters. The Labute approximate surface area is 110 Å². The van der Waals surface area contributed by atoms with Crippen molar-refractivity contribution in [3.8, 4) is 0 Å². The van der Waals surface area contributed by atoms with Gasteiger partial charge in [-0.3, -0.25) is 0 Å². The molecular formula is C15H23NO2. The average Bonchev–Trinajstić information content (AvgIpc) is 2.33. The maximum Gasteiger partial charge on any atom is 0.410 e. The number of hydrogen-bond acceptors (Lipinski definition) is 2. The van der Waals surface area contributed by atoms with Gasteiger partial charge in [-0.1, -0.05) is 51.1 Å². The second kappa shape index (κ2) is 6.43. The van der Waals surface area contributed by atoms with Gasteiger partial charge in [-0.05, 0) is 17.9 Å². The van der Waals surface area contributed by atoms with Crippen molar-refractivity contribution in [2.45, 2.75) is 34.3 Å². The van der Waals surface area contributed by atoms with Crippen molar-refractivity contribution in [2.24, 2.45) is 5.41 Å². The minimum Gasteiger partial charge on any atom is -0.445 e. The molecule has 3 nitrogen and oxygen atoms in total. The van der Waals surface area contributed by atoms with Gasteiger partial charge in [0.15, 0.2) is 0 Å². The molecule has 1 aromatic rings. The average molecular weight is 249 g/mol.